The third-order valence-corrected chi connectivity index (χ3v) is 4.14. The van der Waals surface area contributed by atoms with Gasteiger partial charge in [0.1, 0.15) is 12.1 Å². The molecule has 122 valence electrons. The van der Waals surface area contributed by atoms with E-state index in [9.17, 15) is 4.79 Å². The quantitative estimate of drug-likeness (QED) is 0.491. The summed E-state index contributed by atoms with van der Waals surface area (Å²) in [4.78, 5) is 18.5. The van der Waals surface area contributed by atoms with E-state index in [1.807, 2.05) is 39.5 Å². The largest absolute Gasteiger partial charge is 0.459 e. The molecule has 1 rings (SSSR count). The Kier molecular flexibility index (Phi) is 6.38. The van der Waals surface area contributed by atoms with Crippen molar-refractivity contribution in [2.24, 2.45) is 4.99 Å². The number of carbonyl (C=O) groups is 1. The number of hydrogen-bond acceptors (Lipinski definition) is 4. The molecule has 5 nitrogen and oxygen atoms in total. The maximum absolute atomic E-state index is 11.8. The van der Waals surface area contributed by atoms with Gasteiger partial charge in [0, 0.05) is 30.1 Å². The number of thioether (sulfide) groups is 1. The van der Waals surface area contributed by atoms with E-state index in [1.165, 1.54) is 0 Å². The lowest BCUT2D eigenvalue weighted by molar-refractivity contribution is -0.152. The van der Waals surface area contributed by atoms with Gasteiger partial charge < -0.3 is 15.0 Å². The summed E-state index contributed by atoms with van der Waals surface area (Å²) in [6.07, 6.45) is 0. The molecule has 0 aromatic heterocycles. The van der Waals surface area contributed by atoms with Gasteiger partial charge in [0.15, 0.2) is 5.96 Å². The van der Waals surface area contributed by atoms with Gasteiger partial charge >= 0.3 is 5.97 Å². The number of carbonyl (C=O) groups excluding carboxylic acids is 1. The zero-order chi connectivity index (χ0) is 16.1. The molecule has 0 atom stereocenters. The van der Waals surface area contributed by atoms with Crippen LogP contribution in [0.5, 0.6) is 0 Å². The number of esters is 1. The van der Waals surface area contributed by atoms with Crippen LogP contribution in [-0.2, 0) is 9.53 Å². The van der Waals surface area contributed by atoms with Gasteiger partial charge in [-0.25, -0.2) is 4.99 Å². The van der Waals surface area contributed by atoms with Crippen molar-refractivity contribution in [1.82, 2.24) is 10.2 Å². The first kappa shape index (κ1) is 18.1. The molecule has 0 amide bonds. The molecule has 1 N–H and O–H groups in total. The maximum Gasteiger partial charge on any atom is 0.328 e. The summed E-state index contributed by atoms with van der Waals surface area (Å²) in [5, 5.41) is 3.27. The minimum atomic E-state index is -0.464. The molecule has 6 heteroatoms. The van der Waals surface area contributed by atoms with Crippen LogP contribution < -0.4 is 5.32 Å². The standard InChI is InChI=1S/C15H29N3O2S/c1-7-16-13(17-10-12(19)20-14(2,3)4)18-8-9-21-15(5,6)11-18/h7-11H2,1-6H3,(H,16,17). The Labute approximate surface area is 132 Å². The van der Waals surface area contributed by atoms with Crippen molar-refractivity contribution in [2.75, 3.05) is 31.9 Å². The SMILES string of the molecule is CCNC(=NCC(=O)OC(C)(C)C)N1CCSC(C)(C)C1. The Bertz CT molecular complexity index is 389. The second-order valence-electron chi connectivity index (χ2n) is 6.79. The second kappa shape index (κ2) is 7.38. The van der Waals surface area contributed by atoms with Gasteiger partial charge in [-0.15, -0.1) is 0 Å². The van der Waals surface area contributed by atoms with Crippen molar-refractivity contribution < 1.29 is 9.53 Å². The Morgan fingerprint density at radius 3 is 2.62 bits per heavy atom. The van der Waals surface area contributed by atoms with E-state index in [2.05, 4.69) is 29.1 Å². The molecule has 21 heavy (non-hydrogen) atoms. The normalized spacial score (nSPS) is 19.3. The lowest BCUT2D eigenvalue weighted by Crippen LogP contribution is -2.51. The van der Waals surface area contributed by atoms with Gasteiger partial charge in [0.25, 0.3) is 0 Å². The number of guanidine groups is 1. The van der Waals surface area contributed by atoms with Crippen molar-refractivity contribution in [2.45, 2.75) is 51.9 Å². The van der Waals surface area contributed by atoms with Crippen LogP contribution in [0.2, 0.25) is 0 Å². The van der Waals surface area contributed by atoms with Crippen LogP contribution in [0.25, 0.3) is 0 Å². The monoisotopic (exact) mass is 315 g/mol. The van der Waals surface area contributed by atoms with Crippen molar-refractivity contribution in [3.63, 3.8) is 0 Å². The van der Waals surface area contributed by atoms with Gasteiger partial charge in [0.2, 0.25) is 0 Å². The average molecular weight is 315 g/mol. The summed E-state index contributed by atoms with van der Waals surface area (Å²) in [5.74, 6) is 1.59. The summed E-state index contributed by atoms with van der Waals surface area (Å²) in [6, 6.07) is 0. The first-order valence-electron chi connectivity index (χ1n) is 7.52. The molecular formula is C15H29N3O2S. The fraction of sp³-hybridized carbons (Fsp3) is 0.867. The smallest absolute Gasteiger partial charge is 0.328 e. The molecule has 1 aliphatic heterocycles. The molecule has 0 aromatic rings. The lowest BCUT2D eigenvalue weighted by Gasteiger charge is -2.39. The molecule has 0 unspecified atom stereocenters. The van der Waals surface area contributed by atoms with Crippen molar-refractivity contribution >= 4 is 23.7 Å². The Morgan fingerprint density at radius 1 is 1.43 bits per heavy atom. The highest BCUT2D eigenvalue weighted by molar-refractivity contribution is 8.00. The van der Waals surface area contributed by atoms with Gasteiger partial charge in [-0.3, -0.25) is 4.79 Å². The minimum absolute atomic E-state index is 0.0592. The highest BCUT2D eigenvalue weighted by atomic mass is 32.2. The number of hydrogen-bond donors (Lipinski definition) is 1. The molecule has 0 spiro atoms. The second-order valence-corrected chi connectivity index (χ2v) is 8.59. The van der Waals surface area contributed by atoms with Crippen LogP contribution in [0.1, 0.15) is 41.5 Å². The first-order valence-corrected chi connectivity index (χ1v) is 8.50. The molecular weight excluding hydrogens is 286 g/mol. The highest BCUT2D eigenvalue weighted by Gasteiger charge is 2.28. The fourth-order valence-electron chi connectivity index (χ4n) is 2.14. The zero-order valence-corrected chi connectivity index (χ0v) is 15.0. The average Bonchev–Trinajstić information content (AvgIpc) is 2.31. The zero-order valence-electron chi connectivity index (χ0n) is 14.2. The minimum Gasteiger partial charge on any atom is -0.459 e. The van der Waals surface area contributed by atoms with Crippen molar-refractivity contribution in [3.8, 4) is 0 Å². The highest BCUT2D eigenvalue weighted by Crippen LogP contribution is 2.29. The predicted octanol–water partition coefficient (Wildman–Crippen LogP) is 2.12. The van der Waals surface area contributed by atoms with E-state index in [-0.39, 0.29) is 17.3 Å². The fourth-order valence-corrected chi connectivity index (χ4v) is 3.25. The van der Waals surface area contributed by atoms with E-state index in [0.29, 0.717) is 0 Å². The van der Waals surface area contributed by atoms with Crippen molar-refractivity contribution in [1.29, 1.82) is 0 Å². The number of nitrogens with zero attached hydrogens (tertiary/aromatic N) is 2. The van der Waals surface area contributed by atoms with Crippen molar-refractivity contribution in [3.05, 3.63) is 0 Å². The number of aliphatic imine (C=N–C) groups is 1. The molecule has 0 aliphatic carbocycles. The van der Waals surface area contributed by atoms with Crippen LogP contribution in [-0.4, -0.2) is 59.1 Å². The van der Waals surface area contributed by atoms with Crippen LogP contribution in [0.4, 0.5) is 0 Å². The van der Waals surface area contributed by atoms with Crippen LogP contribution in [0.3, 0.4) is 0 Å². The molecule has 0 radical (unpaired) electrons. The Morgan fingerprint density at radius 2 is 2.10 bits per heavy atom. The molecule has 1 heterocycles. The summed E-state index contributed by atoms with van der Waals surface area (Å²) in [5.41, 5.74) is -0.464. The van der Waals surface area contributed by atoms with E-state index in [0.717, 1.165) is 31.3 Å². The molecule has 1 aliphatic rings. The van der Waals surface area contributed by atoms with E-state index in [4.69, 9.17) is 4.74 Å². The summed E-state index contributed by atoms with van der Waals surface area (Å²) < 4.78 is 5.51. The predicted molar refractivity (Wildman–Crippen MR) is 89.9 cm³/mol. The molecule has 1 fully saturated rings. The first-order chi connectivity index (χ1) is 9.63. The topological polar surface area (TPSA) is 53.9 Å². The lowest BCUT2D eigenvalue weighted by atomic mass is 10.2. The van der Waals surface area contributed by atoms with E-state index >= 15 is 0 Å². The number of nitrogens with one attached hydrogen (secondary N) is 1. The van der Waals surface area contributed by atoms with Crippen LogP contribution in [0.15, 0.2) is 4.99 Å². The summed E-state index contributed by atoms with van der Waals surface area (Å²) >= 11 is 1.98. The van der Waals surface area contributed by atoms with Gasteiger partial charge in [-0.1, -0.05) is 0 Å². The van der Waals surface area contributed by atoms with Gasteiger partial charge in [0.05, 0.1) is 0 Å². The number of ether oxygens (including phenoxy) is 1. The van der Waals surface area contributed by atoms with Crippen LogP contribution in [0, 0.1) is 0 Å². The third-order valence-electron chi connectivity index (χ3n) is 2.84. The molecule has 0 saturated carbocycles. The maximum atomic E-state index is 11.8. The number of rotatable bonds is 3. The summed E-state index contributed by atoms with van der Waals surface area (Å²) in [7, 11) is 0. The third kappa shape index (κ3) is 7.07. The molecule has 0 bridgehead atoms. The van der Waals surface area contributed by atoms with Crippen LogP contribution >= 0.6 is 11.8 Å². The molecule has 1 saturated heterocycles. The Balaban J connectivity index is 2.67. The van der Waals surface area contributed by atoms with E-state index < -0.39 is 5.60 Å². The van der Waals surface area contributed by atoms with E-state index in [1.54, 1.807) is 0 Å². The molecule has 0 aromatic carbocycles. The Hall–Kier alpha value is -0.910. The summed E-state index contributed by atoms with van der Waals surface area (Å²) in [6.45, 7) is 14.8. The van der Waals surface area contributed by atoms with Gasteiger partial charge in [-0.05, 0) is 41.5 Å². The van der Waals surface area contributed by atoms with Gasteiger partial charge in [-0.2, -0.15) is 11.8 Å².